The number of aromatic nitrogens is 3. The van der Waals surface area contributed by atoms with Crippen molar-refractivity contribution in [2.24, 2.45) is 0 Å². The Bertz CT molecular complexity index is 544. The molecule has 2 heterocycles. The highest BCUT2D eigenvalue weighted by molar-refractivity contribution is 6.06. The summed E-state index contributed by atoms with van der Waals surface area (Å²) in [5.74, 6) is 0.732. The third kappa shape index (κ3) is 3.48. The fraction of sp³-hybridized carbons (Fsp3) is 0.231. The summed E-state index contributed by atoms with van der Waals surface area (Å²) in [5.41, 5.74) is 0.488. The van der Waals surface area contributed by atoms with Gasteiger partial charge < -0.3 is 10.6 Å². The average molecular weight is 257 g/mol. The van der Waals surface area contributed by atoms with Crippen LogP contribution in [0.25, 0.3) is 0 Å². The highest BCUT2D eigenvalue weighted by Gasteiger charge is 2.12. The largest absolute Gasteiger partial charge is 0.369 e. The van der Waals surface area contributed by atoms with Crippen LogP contribution in [0.1, 0.15) is 23.7 Å². The fourth-order valence-corrected chi connectivity index (χ4v) is 1.52. The van der Waals surface area contributed by atoms with Crippen LogP contribution >= 0.6 is 0 Å². The molecular formula is C13H15N5O. The first-order chi connectivity index (χ1) is 9.31. The van der Waals surface area contributed by atoms with E-state index < -0.39 is 0 Å². The molecule has 0 aliphatic rings. The Labute approximate surface area is 111 Å². The number of nitrogens with zero attached hydrogens (tertiary/aromatic N) is 3. The van der Waals surface area contributed by atoms with E-state index >= 15 is 0 Å². The van der Waals surface area contributed by atoms with Gasteiger partial charge in [-0.05, 0) is 30.7 Å². The van der Waals surface area contributed by atoms with E-state index in [-0.39, 0.29) is 5.91 Å². The Hall–Kier alpha value is -2.50. The number of carbonyl (C=O) groups is 1. The van der Waals surface area contributed by atoms with Gasteiger partial charge in [0.05, 0.1) is 5.56 Å². The maximum absolute atomic E-state index is 12.1. The van der Waals surface area contributed by atoms with E-state index in [9.17, 15) is 4.79 Å². The summed E-state index contributed by atoms with van der Waals surface area (Å²) in [4.78, 5) is 16.3. The zero-order valence-corrected chi connectivity index (χ0v) is 10.6. The molecule has 98 valence electrons. The molecule has 2 rings (SSSR count). The molecule has 2 N–H and O–H groups in total. The molecule has 0 fully saturated rings. The highest BCUT2D eigenvalue weighted by Crippen LogP contribution is 2.13. The van der Waals surface area contributed by atoms with Gasteiger partial charge in [-0.1, -0.05) is 6.92 Å². The number of hydrogen-bond acceptors (Lipinski definition) is 5. The monoisotopic (exact) mass is 257 g/mol. The minimum absolute atomic E-state index is 0.257. The van der Waals surface area contributed by atoms with Gasteiger partial charge in [0.15, 0.2) is 5.82 Å². The zero-order valence-electron chi connectivity index (χ0n) is 10.6. The molecule has 2 aromatic rings. The van der Waals surface area contributed by atoms with Gasteiger partial charge in [-0.25, -0.2) is 4.98 Å². The van der Waals surface area contributed by atoms with Crippen LogP contribution in [0.3, 0.4) is 0 Å². The third-order valence-corrected chi connectivity index (χ3v) is 2.41. The van der Waals surface area contributed by atoms with Gasteiger partial charge in [0.2, 0.25) is 0 Å². The third-order valence-electron chi connectivity index (χ3n) is 2.41. The summed E-state index contributed by atoms with van der Waals surface area (Å²) in [6, 6.07) is 6.84. The van der Waals surface area contributed by atoms with Crippen molar-refractivity contribution in [3.05, 3.63) is 42.2 Å². The number of amides is 1. The van der Waals surface area contributed by atoms with Crippen molar-refractivity contribution in [2.75, 3.05) is 17.2 Å². The van der Waals surface area contributed by atoms with Crippen LogP contribution in [0.15, 0.2) is 36.7 Å². The number of anilines is 2. The van der Waals surface area contributed by atoms with Crippen LogP contribution in [0.2, 0.25) is 0 Å². The van der Waals surface area contributed by atoms with Crippen LogP contribution in [0.4, 0.5) is 11.6 Å². The first-order valence-corrected chi connectivity index (χ1v) is 6.09. The molecule has 0 unspecified atom stereocenters. The number of carbonyl (C=O) groups excluding carboxylic acids is 1. The van der Waals surface area contributed by atoms with Crippen molar-refractivity contribution in [1.29, 1.82) is 0 Å². The van der Waals surface area contributed by atoms with Crippen molar-refractivity contribution in [2.45, 2.75) is 13.3 Å². The molecule has 2 aromatic heterocycles. The van der Waals surface area contributed by atoms with E-state index in [1.54, 1.807) is 36.7 Å². The molecule has 0 aliphatic heterocycles. The van der Waals surface area contributed by atoms with Crippen molar-refractivity contribution in [3.8, 4) is 0 Å². The van der Waals surface area contributed by atoms with Gasteiger partial charge in [0, 0.05) is 18.9 Å². The van der Waals surface area contributed by atoms with E-state index in [0.717, 1.165) is 13.0 Å². The number of hydrogen-bond donors (Lipinski definition) is 2. The van der Waals surface area contributed by atoms with Crippen LogP contribution in [0.5, 0.6) is 0 Å². The Morgan fingerprint density at radius 3 is 2.84 bits per heavy atom. The minimum atomic E-state index is -0.257. The molecule has 6 nitrogen and oxygen atoms in total. The molecule has 0 saturated carbocycles. The SMILES string of the molecule is CCCNc1ncccc1C(=O)Nc1cccnn1. The maximum Gasteiger partial charge on any atom is 0.260 e. The lowest BCUT2D eigenvalue weighted by Crippen LogP contribution is -2.16. The van der Waals surface area contributed by atoms with Crippen LogP contribution < -0.4 is 10.6 Å². The topological polar surface area (TPSA) is 79.8 Å². The Morgan fingerprint density at radius 2 is 2.11 bits per heavy atom. The van der Waals surface area contributed by atoms with E-state index in [2.05, 4.69) is 32.7 Å². The van der Waals surface area contributed by atoms with E-state index in [1.165, 1.54) is 0 Å². The second-order valence-corrected chi connectivity index (χ2v) is 3.89. The Kier molecular flexibility index (Phi) is 4.39. The standard InChI is InChI=1S/C13H15N5O/c1-2-7-14-12-10(5-3-8-15-12)13(19)17-11-6-4-9-16-18-11/h3-6,8-9H,2,7H2,1H3,(H,14,15)(H,17,18,19). The minimum Gasteiger partial charge on any atom is -0.369 e. The smallest absolute Gasteiger partial charge is 0.260 e. The molecule has 0 saturated heterocycles. The molecule has 1 amide bonds. The van der Waals surface area contributed by atoms with Crippen LogP contribution in [0, 0.1) is 0 Å². The van der Waals surface area contributed by atoms with Crippen LogP contribution in [-0.2, 0) is 0 Å². The van der Waals surface area contributed by atoms with Crippen molar-refractivity contribution in [3.63, 3.8) is 0 Å². The van der Waals surface area contributed by atoms with E-state index in [1.807, 2.05) is 0 Å². The lowest BCUT2D eigenvalue weighted by atomic mass is 10.2. The summed E-state index contributed by atoms with van der Waals surface area (Å²) in [6.45, 7) is 2.82. The van der Waals surface area contributed by atoms with Gasteiger partial charge in [-0.15, -0.1) is 5.10 Å². The molecule has 0 bridgehead atoms. The first-order valence-electron chi connectivity index (χ1n) is 6.09. The second-order valence-electron chi connectivity index (χ2n) is 3.89. The van der Waals surface area contributed by atoms with Crippen molar-refractivity contribution < 1.29 is 4.79 Å². The number of rotatable bonds is 5. The van der Waals surface area contributed by atoms with Gasteiger partial charge in [-0.2, -0.15) is 5.10 Å². The second kappa shape index (κ2) is 6.44. The summed E-state index contributed by atoms with van der Waals surface area (Å²) in [5, 5.41) is 13.3. The molecular weight excluding hydrogens is 242 g/mol. The van der Waals surface area contributed by atoms with E-state index in [0.29, 0.717) is 17.2 Å². The Morgan fingerprint density at radius 1 is 1.26 bits per heavy atom. The Balaban J connectivity index is 2.14. The van der Waals surface area contributed by atoms with Crippen molar-refractivity contribution in [1.82, 2.24) is 15.2 Å². The van der Waals surface area contributed by atoms with Gasteiger partial charge in [-0.3, -0.25) is 4.79 Å². The van der Waals surface area contributed by atoms with Gasteiger partial charge in [0.25, 0.3) is 5.91 Å². The predicted molar refractivity (Wildman–Crippen MR) is 73.0 cm³/mol. The summed E-state index contributed by atoms with van der Waals surface area (Å²) in [7, 11) is 0. The maximum atomic E-state index is 12.1. The van der Waals surface area contributed by atoms with Gasteiger partial charge >= 0.3 is 0 Å². The summed E-state index contributed by atoms with van der Waals surface area (Å²) >= 11 is 0. The highest BCUT2D eigenvalue weighted by atomic mass is 16.1. The van der Waals surface area contributed by atoms with E-state index in [4.69, 9.17) is 0 Å². The average Bonchev–Trinajstić information content (AvgIpc) is 2.46. The van der Waals surface area contributed by atoms with Crippen LogP contribution in [-0.4, -0.2) is 27.6 Å². The molecule has 19 heavy (non-hydrogen) atoms. The molecule has 6 heteroatoms. The normalized spacial score (nSPS) is 9.95. The van der Waals surface area contributed by atoms with Gasteiger partial charge in [0.1, 0.15) is 5.82 Å². The molecule has 0 spiro atoms. The number of nitrogens with one attached hydrogen (secondary N) is 2. The van der Waals surface area contributed by atoms with Crippen molar-refractivity contribution >= 4 is 17.5 Å². The molecule has 0 aromatic carbocycles. The molecule has 0 atom stereocenters. The lowest BCUT2D eigenvalue weighted by Gasteiger charge is -2.09. The molecule has 0 radical (unpaired) electrons. The summed E-state index contributed by atoms with van der Waals surface area (Å²) < 4.78 is 0. The quantitative estimate of drug-likeness (QED) is 0.855. The zero-order chi connectivity index (χ0) is 13.5. The fourth-order valence-electron chi connectivity index (χ4n) is 1.52. The summed E-state index contributed by atoms with van der Waals surface area (Å²) in [6.07, 6.45) is 4.16. The lowest BCUT2D eigenvalue weighted by molar-refractivity contribution is 0.102. The molecule has 0 aliphatic carbocycles. The predicted octanol–water partition coefficient (Wildman–Crippen LogP) is 1.95. The number of pyridine rings is 1. The first kappa shape index (κ1) is 12.9.